The summed E-state index contributed by atoms with van der Waals surface area (Å²) in [6.45, 7) is 3.68. The van der Waals surface area contributed by atoms with E-state index in [-0.39, 0.29) is 5.82 Å². The summed E-state index contributed by atoms with van der Waals surface area (Å²) in [5, 5.41) is 0.639. The zero-order chi connectivity index (χ0) is 14.5. The molecule has 0 fully saturated rings. The fourth-order valence-corrected chi connectivity index (χ4v) is 2.45. The van der Waals surface area contributed by atoms with Crippen LogP contribution in [0.3, 0.4) is 0 Å². The minimum absolute atomic E-state index is 0.221. The van der Waals surface area contributed by atoms with Gasteiger partial charge in [0, 0.05) is 18.8 Å². The monoisotopic (exact) mass is 292 g/mol. The Bertz CT molecular complexity index is 569. The maximum Gasteiger partial charge on any atom is 0.123 e. The van der Waals surface area contributed by atoms with Gasteiger partial charge in [-0.2, -0.15) is 0 Å². The number of hydrogen-bond acceptors (Lipinski definition) is 2. The normalized spacial score (nSPS) is 10.6. The van der Waals surface area contributed by atoms with Crippen LogP contribution in [0.15, 0.2) is 42.5 Å². The van der Waals surface area contributed by atoms with Gasteiger partial charge in [-0.3, -0.25) is 0 Å². The van der Waals surface area contributed by atoms with Gasteiger partial charge in [0.15, 0.2) is 0 Å². The van der Waals surface area contributed by atoms with Crippen LogP contribution in [0.4, 0.5) is 15.8 Å². The van der Waals surface area contributed by atoms with E-state index in [2.05, 4.69) is 11.8 Å². The molecule has 106 valence electrons. The molecule has 2 aromatic rings. The molecule has 0 heterocycles. The van der Waals surface area contributed by atoms with Crippen molar-refractivity contribution in [2.45, 2.75) is 19.9 Å². The lowest BCUT2D eigenvalue weighted by Crippen LogP contribution is -2.23. The fraction of sp³-hybridized carbons (Fsp3) is 0.250. The van der Waals surface area contributed by atoms with Crippen LogP contribution in [0.25, 0.3) is 0 Å². The Labute approximate surface area is 124 Å². The van der Waals surface area contributed by atoms with E-state index in [9.17, 15) is 4.39 Å². The Kier molecular flexibility index (Phi) is 4.85. The fourth-order valence-electron chi connectivity index (χ4n) is 2.14. The van der Waals surface area contributed by atoms with E-state index < -0.39 is 0 Å². The Hall–Kier alpha value is -1.74. The van der Waals surface area contributed by atoms with E-state index in [0.29, 0.717) is 17.3 Å². The molecule has 0 unspecified atom stereocenters. The van der Waals surface area contributed by atoms with Gasteiger partial charge in [0.1, 0.15) is 5.82 Å². The number of nitrogens with two attached hydrogens (primary N) is 1. The molecule has 2 aromatic carbocycles. The first-order valence-electron chi connectivity index (χ1n) is 6.64. The van der Waals surface area contributed by atoms with Gasteiger partial charge in [-0.25, -0.2) is 4.39 Å². The SMILES string of the molecule is CCCN(Cc1ccc(F)cc1)c1ccc(N)cc1Cl. The number of nitrogens with zero attached hydrogens (tertiary/aromatic N) is 1. The molecule has 0 aliphatic heterocycles. The van der Waals surface area contributed by atoms with Gasteiger partial charge in [-0.1, -0.05) is 30.7 Å². The maximum absolute atomic E-state index is 13.0. The lowest BCUT2D eigenvalue weighted by Gasteiger charge is -2.25. The summed E-state index contributed by atoms with van der Waals surface area (Å²) < 4.78 is 13.0. The second-order valence-electron chi connectivity index (χ2n) is 4.76. The molecule has 20 heavy (non-hydrogen) atoms. The van der Waals surface area contributed by atoms with Crippen molar-refractivity contribution in [3.8, 4) is 0 Å². The summed E-state index contributed by atoms with van der Waals surface area (Å²) in [5.74, 6) is -0.221. The van der Waals surface area contributed by atoms with Crippen LogP contribution in [0, 0.1) is 5.82 Å². The minimum Gasteiger partial charge on any atom is -0.399 e. The largest absolute Gasteiger partial charge is 0.399 e. The quantitative estimate of drug-likeness (QED) is 0.823. The smallest absolute Gasteiger partial charge is 0.123 e. The first-order chi connectivity index (χ1) is 9.60. The van der Waals surface area contributed by atoms with Crippen LogP contribution in [0.1, 0.15) is 18.9 Å². The summed E-state index contributed by atoms with van der Waals surface area (Å²) in [6, 6.07) is 12.1. The molecular formula is C16H18ClFN2. The average molecular weight is 293 g/mol. The highest BCUT2D eigenvalue weighted by molar-refractivity contribution is 6.33. The van der Waals surface area contributed by atoms with Gasteiger partial charge in [-0.05, 0) is 42.3 Å². The third kappa shape index (κ3) is 3.64. The van der Waals surface area contributed by atoms with Crippen molar-refractivity contribution < 1.29 is 4.39 Å². The Morgan fingerprint density at radius 2 is 1.85 bits per heavy atom. The molecular weight excluding hydrogens is 275 g/mol. The van der Waals surface area contributed by atoms with E-state index in [1.807, 2.05) is 12.1 Å². The summed E-state index contributed by atoms with van der Waals surface area (Å²) in [4.78, 5) is 2.18. The van der Waals surface area contributed by atoms with Crippen LogP contribution in [-0.2, 0) is 6.54 Å². The Balaban J connectivity index is 2.24. The molecule has 0 radical (unpaired) electrons. The second-order valence-corrected chi connectivity index (χ2v) is 5.17. The van der Waals surface area contributed by atoms with Crippen molar-refractivity contribution in [3.05, 3.63) is 58.9 Å². The molecule has 0 aliphatic rings. The van der Waals surface area contributed by atoms with E-state index in [0.717, 1.165) is 24.2 Å². The minimum atomic E-state index is -0.221. The third-order valence-corrected chi connectivity index (χ3v) is 3.40. The molecule has 4 heteroatoms. The molecule has 0 amide bonds. The van der Waals surface area contributed by atoms with Gasteiger partial charge in [0.2, 0.25) is 0 Å². The van der Waals surface area contributed by atoms with Crippen LogP contribution in [-0.4, -0.2) is 6.54 Å². The lowest BCUT2D eigenvalue weighted by molar-refractivity contribution is 0.626. The molecule has 0 spiro atoms. The first kappa shape index (κ1) is 14.7. The molecule has 2 nitrogen and oxygen atoms in total. The molecule has 0 saturated carbocycles. The Morgan fingerprint density at radius 3 is 2.45 bits per heavy atom. The van der Waals surface area contributed by atoms with Gasteiger partial charge < -0.3 is 10.6 Å². The topological polar surface area (TPSA) is 29.3 Å². The van der Waals surface area contributed by atoms with E-state index >= 15 is 0 Å². The van der Waals surface area contributed by atoms with Crippen LogP contribution in [0.5, 0.6) is 0 Å². The van der Waals surface area contributed by atoms with Crippen LogP contribution >= 0.6 is 11.6 Å². The van der Waals surface area contributed by atoms with Crippen LogP contribution < -0.4 is 10.6 Å². The maximum atomic E-state index is 13.0. The van der Waals surface area contributed by atoms with E-state index in [1.54, 1.807) is 18.2 Å². The van der Waals surface area contributed by atoms with Crippen molar-refractivity contribution in [2.24, 2.45) is 0 Å². The van der Waals surface area contributed by atoms with Crippen molar-refractivity contribution >= 4 is 23.0 Å². The number of nitrogen functional groups attached to an aromatic ring is 1. The summed E-state index contributed by atoms with van der Waals surface area (Å²) >= 11 is 6.27. The first-order valence-corrected chi connectivity index (χ1v) is 7.02. The lowest BCUT2D eigenvalue weighted by atomic mass is 10.1. The van der Waals surface area contributed by atoms with Crippen molar-refractivity contribution in [3.63, 3.8) is 0 Å². The highest BCUT2D eigenvalue weighted by atomic mass is 35.5. The van der Waals surface area contributed by atoms with Crippen molar-refractivity contribution in [1.82, 2.24) is 0 Å². The van der Waals surface area contributed by atoms with Gasteiger partial charge in [-0.15, -0.1) is 0 Å². The number of hydrogen-bond donors (Lipinski definition) is 1. The highest BCUT2D eigenvalue weighted by Gasteiger charge is 2.10. The molecule has 0 aromatic heterocycles. The van der Waals surface area contributed by atoms with Crippen molar-refractivity contribution in [2.75, 3.05) is 17.2 Å². The molecule has 2 N–H and O–H groups in total. The van der Waals surface area contributed by atoms with E-state index in [4.69, 9.17) is 17.3 Å². The third-order valence-electron chi connectivity index (χ3n) is 3.09. The predicted octanol–water partition coefficient (Wildman–Crippen LogP) is 4.48. The molecule has 0 aliphatic carbocycles. The molecule has 0 saturated heterocycles. The molecule has 0 atom stereocenters. The van der Waals surface area contributed by atoms with Crippen molar-refractivity contribution in [1.29, 1.82) is 0 Å². The number of halogens is 2. The zero-order valence-electron chi connectivity index (χ0n) is 11.4. The Morgan fingerprint density at radius 1 is 1.15 bits per heavy atom. The summed E-state index contributed by atoms with van der Waals surface area (Å²) in [6.07, 6.45) is 1.00. The van der Waals surface area contributed by atoms with E-state index in [1.165, 1.54) is 12.1 Å². The molecule has 2 rings (SSSR count). The predicted molar refractivity (Wildman–Crippen MR) is 83.6 cm³/mol. The van der Waals surface area contributed by atoms with Crippen LogP contribution in [0.2, 0.25) is 5.02 Å². The summed E-state index contributed by atoms with van der Waals surface area (Å²) in [5.41, 5.74) is 8.38. The second kappa shape index (κ2) is 6.62. The standard InChI is InChI=1S/C16H18ClFN2/c1-2-9-20(11-12-3-5-13(18)6-4-12)16-8-7-14(19)10-15(16)17/h3-8,10H,2,9,11,19H2,1H3. The zero-order valence-corrected chi connectivity index (χ0v) is 12.2. The van der Waals surface area contributed by atoms with Gasteiger partial charge in [0.05, 0.1) is 10.7 Å². The number of rotatable bonds is 5. The summed E-state index contributed by atoms with van der Waals surface area (Å²) in [7, 11) is 0. The number of benzene rings is 2. The van der Waals surface area contributed by atoms with Gasteiger partial charge >= 0.3 is 0 Å². The highest BCUT2D eigenvalue weighted by Crippen LogP contribution is 2.29. The van der Waals surface area contributed by atoms with Gasteiger partial charge in [0.25, 0.3) is 0 Å². The number of anilines is 2. The molecule has 0 bridgehead atoms. The average Bonchev–Trinajstić information content (AvgIpc) is 2.41.